The number of nitrogens with one attached hydrogen (secondary N) is 3. The van der Waals surface area contributed by atoms with Crippen LogP contribution < -0.4 is 16.0 Å². The number of aliphatic hydroxyl groups is 1. The normalized spacial score (nSPS) is 19.4. The van der Waals surface area contributed by atoms with Gasteiger partial charge in [-0.1, -0.05) is 30.3 Å². The summed E-state index contributed by atoms with van der Waals surface area (Å²) in [5, 5.41) is 18.5. The van der Waals surface area contributed by atoms with Crippen LogP contribution in [0.4, 0.5) is 5.69 Å². The number of para-hydroxylation sites is 1. The van der Waals surface area contributed by atoms with Crippen LogP contribution >= 0.6 is 0 Å². The lowest BCUT2D eigenvalue weighted by atomic mass is 10.1. The summed E-state index contributed by atoms with van der Waals surface area (Å²) in [7, 11) is 0. The predicted molar refractivity (Wildman–Crippen MR) is 95.5 cm³/mol. The van der Waals surface area contributed by atoms with Crippen molar-refractivity contribution in [2.45, 2.75) is 6.10 Å². The molecule has 0 spiro atoms. The highest BCUT2D eigenvalue weighted by Crippen LogP contribution is 2.17. The van der Waals surface area contributed by atoms with Gasteiger partial charge >= 0.3 is 0 Å². The van der Waals surface area contributed by atoms with Gasteiger partial charge in [0.15, 0.2) is 0 Å². The summed E-state index contributed by atoms with van der Waals surface area (Å²) in [6.45, 7) is 1.60. The van der Waals surface area contributed by atoms with Gasteiger partial charge in [0.25, 0.3) is 11.8 Å². The summed E-state index contributed by atoms with van der Waals surface area (Å²) in [5.74, 6) is -0.547. The predicted octanol–water partition coefficient (Wildman–Crippen LogP) is 1.25. The quantitative estimate of drug-likeness (QED) is 0.660. The fourth-order valence-corrected chi connectivity index (χ4v) is 2.82. The topological polar surface area (TPSA) is 90.5 Å². The lowest BCUT2D eigenvalue weighted by molar-refractivity contribution is 0.0928. The summed E-state index contributed by atoms with van der Waals surface area (Å²) in [6, 6.07) is 15.7. The Bertz CT molecular complexity index is 749. The van der Waals surface area contributed by atoms with Crippen LogP contribution in [0.15, 0.2) is 54.6 Å². The fourth-order valence-electron chi connectivity index (χ4n) is 2.82. The van der Waals surface area contributed by atoms with E-state index >= 15 is 0 Å². The van der Waals surface area contributed by atoms with Crippen LogP contribution in [-0.2, 0) is 0 Å². The van der Waals surface area contributed by atoms with Gasteiger partial charge < -0.3 is 21.1 Å². The van der Waals surface area contributed by atoms with E-state index in [9.17, 15) is 14.7 Å². The smallest absolute Gasteiger partial charge is 0.255 e. The van der Waals surface area contributed by atoms with E-state index in [-0.39, 0.29) is 17.7 Å². The standard InChI is InChI=1S/C19H21N3O3/c23-17-12-20-10-14(17)11-21-19(25)15-8-4-5-9-16(15)22-18(24)13-6-2-1-3-7-13/h1-9,14,17,20,23H,10-12H2,(H,21,25)(H,22,24). The molecule has 0 bridgehead atoms. The van der Waals surface area contributed by atoms with Gasteiger partial charge in [-0.15, -0.1) is 0 Å². The first-order valence-corrected chi connectivity index (χ1v) is 8.27. The first-order valence-electron chi connectivity index (χ1n) is 8.27. The molecule has 4 N–H and O–H groups in total. The minimum atomic E-state index is -0.451. The Balaban J connectivity index is 1.67. The van der Waals surface area contributed by atoms with Gasteiger partial charge in [-0.2, -0.15) is 0 Å². The summed E-state index contributed by atoms with van der Waals surface area (Å²) < 4.78 is 0. The van der Waals surface area contributed by atoms with Gasteiger partial charge in [0, 0.05) is 31.1 Å². The number of carbonyl (C=O) groups is 2. The summed E-state index contributed by atoms with van der Waals surface area (Å²) in [5.41, 5.74) is 1.38. The molecule has 2 atom stereocenters. The Morgan fingerprint density at radius 2 is 1.72 bits per heavy atom. The van der Waals surface area contributed by atoms with E-state index in [0.717, 1.165) is 0 Å². The number of β-amino-alcohol motifs (C(OH)–C–C–N with tert-alkyl or cyclic N) is 1. The highest BCUT2D eigenvalue weighted by Gasteiger charge is 2.25. The van der Waals surface area contributed by atoms with E-state index in [1.165, 1.54) is 0 Å². The van der Waals surface area contributed by atoms with Crippen LogP contribution in [0.2, 0.25) is 0 Å². The number of benzene rings is 2. The molecule has 0 saturated carbocycles. The Kier molecular flexibility index (Phi) is 5.42. The molecule has 0 aromatic heterocycles. The molecule has 1 saturated heterocycles. The second kappa shape index (κ2) is 7.92. The van der Waals surface area contributed by atoms with Crippen LogP contribution in [0, 0.1) is 5.92 Å². The SMILES string of the molecule is O=C(Nc1ccccc1C(=O)NCC1CNCC1O)c1ccccc1. The summed E-state index contributed by atoms with van der Waals surface area (Å²) in [4.78, 5) is 24.8. The van der Waals surface area contributed by atoms with Crippen LogP contribution in [0.5, 0.6) is 0 Å². The molecule has 1 aliphatic heterocycles. The second-order valence-electron chi connectivity index (χ2n) is 6.06. The van der Waals surface area contributed by atoms with E-state index in [1.54, 1.807) is 48.5 Å². The van der Waals surface area contributed by atoms with Gasteiger partial charge in [-0.25, -0.2) is 0 Å². The van der Waals surface area contributed by atoms with E-state index in [2.05, 4.69) is 16.0 Å². The molecule has 130 valence electrons. The lowest BCUT2D eigenvalue weighted by Crippen LogP contribution is -2.34. The van der Waals surface area contributed by atoms with Crippen LogP contribution in [0.1, 0.15) is 20.7 Å². The Morgan fingerprint density at radius 3 is 2.44 bits per heavy atom. The van der Waals surface area contributed by atoms with Gasteiger partial charge in [0.2, 0.25) is 0 Å². The van der Waals surface area contributed by atoms with E-state index < -0.39 is 6.10 Å². The third-order valence-corrected chi connectivity index (χ3v) is 4.28. The zero-order chi connectivity index (χ0) is 17.6. The minimum Gasteiger partial charge on any atom is -0.391 e. The first kappa shape index (κ1) is 17.1. The third kappa shape index (κ3) is 4.23. The number of hydrogen-bond donors (Lipinski definition) is 4. The molecule has 2 aromatic carbocycles. The van der Waals surface area contributed by atoms with Crippen molar-refractivity contribution in [2.75, 3.05) is 25.0 Å². The number of amides is 2. The second-order valence-corrected chi connectivity index (χ2v) is 6.06. The first-order chi connectivity index (χ1) is 12.1. The van der Waals surface area contributed by atoms with Crippen molar-refractivity contribution >= 4 is 17.5 Å². The van der Waals surface area contributed by atoms with Crippen LogP contribution in [-0.4, -0.2) is 42.7 Å². The molecule has 0 radical (unpaired) electrons. The van der Waals surface area contributed by atoms with Crippen molar-refractivity contribution in [1.29, 1.82) is 0 Å². The number of carbonyl (C=O) groups excluding carboxylic acids is 2. The van der Waals surface area contributed by atoms with Gasteiger partial charge in [-0.05, 0) is 24.3 Å². The molecule has 2 amide bonds. The van der Waals surface area contributed by atoms with Crippen molar-refractivity contribution < 1.29 is 14.7 Å². The number of aliphatic hydroxyl groups excluding tert-OH is 1. The van der Waals surface area contributed by atoms with Crippen LogP contribution in [0.3, 0.4) is 0 Å². The third-order valence-electron chi connectivity index (χ3n) is 4.28. The maximum atomic E-state index is 12.5. The molecule has 6 nitrogen and oxygen atoms in total. The molecule has 3 rings (SSSR count). The van der Waals surface area contributed by atoms with Crippen LogP contribution in [0.25, 0.3) is 0 Å². The fraction of sp³-hybridized carbons (Fsp3) is 0.263. The maximum absolute atomic E-state index is 12.5. The van der Waals surface area contributed by atoms with Gasteiger partial charge in [0.05, 0.1) is 17.4 Å². The Hall–Kier alpha value is -2.70. The number of hydrogen-bond acceptors (Lipinski definition) is 4. The molecule has 0 aliphatic carbocycles. The molecule has 1 heterocycles. The Morgan fingerprint density at radius 1 is 1.00 bits per heavy atom. The van der Waals surface area contributed by atoms with Gasteiger partial charge in [0.1, 0.15) is 0 Å². The largest absolute Gasteiger partial charge is 0.391 e. The zero-order valence-corrected chi connectivity index (χ0v) is 13.7. The average molecular weight is 339 g/mol. The molecular weight excluding hydrogens is 318 g/mol. The van der Waals surface area contributed by atoms with E-state index in [1.807, 2.05) is 6.07 Å². The molecule has 1 aliphatic rings. The average Bonchev–Trinajstić information content (AvgIpc) is 3.06. The van der Waals surface area contributed by atoms with E-state index in [0.29, 0.717) is 36.4 Å². The van der Waals surface area contributed by atoms with E-state index in [4.69, 9.17) is 0 Å². The molecule has 1 fully saturated rings. The Labute approximate surface area is 146 Å². The van der Waals surface area contributed by atoms with Crippen molar-refractivity contribution in [1.82, 2.24) is 10.6 Å². The summed E-state index contributed by atoms with van der Waals surface area (Å²) >= 11 is 0. The molecule has 6 heteroatoms. The highest BCUT2D eigenvalue weighted by atomic mass is 16.3. The van der Waals surface area contributed by atoms with Crippen molar-refractivity contribution in [3.8, 4) is 0 Å². The number of anilines is 1. The number of rotatable bonds is 5. The maximum Gasteiger partial charge on any atom is 0.255 e. The van der Waals surface area contributed by atoms with Crippen molar-refractivity contribution in [2.24, 2.45) is 5.92 Å². The lowest BCUT2D eigenvalue weighted by Gasteiger charge is -2.15. The monoisotopic (exact) mass is 339 g/mol. The molecule has 2 aromatic rings. The molecule has 25 heavy (non-hydrogen) atoms. The van der Waals surface area contributed by atoms with Crippen molar-refractivity contribution in [3.63, 3.8) is 0 Å². The molecule has 2 unspecified atom stereocenters. The van der Waals surface area contributed by atoms with Crippen molar-refractivity contribution in [3.05, 3.63) is 65.7 Å². The van der Waals surface area contributed by atoms with Gasteiger partial charge in [-0.3, -0.25) is 9.59 Å². The molecular formula is C19H21N3O3. The summed E-state index contributed by atoms with van der Waals surface area (Å²) in [6.07, 6.45) is -0.451. The zero-order valence-electron chi connectivity index (χ0n) is 13.7. The highest BCUT2D eigenvalue weighted by molar-refractivity contribution is 6.08. The minimum absolute atomic E-state index is 0.00461.